The molecule has 5 nitrogen and oxygen atoms in total. The second-order valence-electron chi connectivity index (χ2n) is 7.27. The Kier molecular flexibility index (Phi) is 5.51. The maximum absolute atomic E-state index is 13.0. The van der Waals surface area contributed by atoms with Gasteiger partial charge in [0.15, 0.2) is 0 Å². The van der Waals surface area contributed by atoms with E-state index in [9.17, 15) is 9.18 Å². The summed E-state index contributed by atoms with van der Waals surface area (Å²) >= 11 is 0. The zero-order valence-corrected chi connectivity index (χ0v) is 16.4. The van der Waals surface area contributed by atoms with E-state index in [4.69, 9.17) is 0 Å². The Morgan fingerprint density at radius 2 is 1.86 bits per heavy atom. The van der Waals surface area contributed by atoms with Gasteiger partial charge in [0.25, 0.3) is 5.91 Å². The maximum Gasteiger partial charge on any atom is 0.272 e. The number of amides is 1. The molecular weight excluding hydrogens is 367 g/mol. The zero-order chi connectivity index (χ0) is 20.2. The minimum atomic E-state index is -0.243. The van der Waals surface area contributed by atoms with Gasteiger partial charge in [-0.3, -0.25) is 4.79 Å². The summed E-state index contributed by atoms with van der Waals surface area (Å²) in [5.74, 6) is 0.117. The number of hydrogen-bond acceptors (Lipinski definition) is 4. The number of carbonyl (C=O) groups excluding carboxylic acids is 1. The third kappa shape index (κ3) is 4.59. The van der Waals surface area contributed by atoms with Crippen molar-refractivity contribution in [3.63, 3.8) is 0 Å². The molecule has 6 heteroatoms. The number of rotatable bonds is 5. The monoisotopic (exact) mass is 390 g/mol. The van der Waals surface area contributed by atoms with Gasteiger partial charge in [-0.05, 0) is 54.7 Å². The third-order valence-corrected chi connectivity index (χ3v) is 5.10. The van der Waals surface area contributed by atoms with Crippen LogP contribution in [-0.2, 0) is 19.4 Å². The number of benzene rings is 2. The van der Waals surface area contributed by atoms with Crippen LogP contribution in [0.25, 0.3) is 0 Å². The van der Waals surface area contributed by atoms with Crippen LogP contribution in [0.3, 0.4) is 0 Å². The molecular formula is C23H23FN4O. The number of anilines is 1. The van der Waals surface area contributed by atoms with Gasteiger partial charge >= 0.3 is 0 Å². The van der Waals surface area contributed by atoms with E-state index >= 15 is 0 Å². The van der Waals surface area contributed by atoms with Crippen LogP contribution in [0.1, 0.15) is 32.9 Å². The van der Waals surface area contributed by atoms with E-state index in [-0.39, 0.29) is 11.7 Å². The van der Waals surface area contributed by atoms with Gasteiger partial charge in [-0.2, -0.15) is 0 Å². The molecule has 0 saturated heterocycles. The number of fused-ring (bicyclic) bond motifs is 1. The molecule has 1 amide bonds. The van der Waals surface area contributed by atoms with E-state index in [1.54, 1.807) is 18.2 Å². The maximum atomic E-state index is 13.0. The topological polar surface area (TPSA) is 58.1 Å². The smallest absolute Gasteiger partial charge is 0.272 e. The fraction of sp³-hybridized carbons (Fsp3) is 0.261. The highest BCUT2D eigenvalue weighted by Gasteiger charge is 2.23. The summed E-state index contributed by atoms with van der Waals surface area (Å²) in [4.78, 5) is 23.7. The summed E-state index contributed by atoms with van der Waals surface area (Å²) in [7, 11) is 0. The van der Waals surface area contributed by atoms with Gasteiger partial charge in [0.1, 0.15) is 11.5 Å². The minimum absolute atomic E-state index is 0.0772. The minimum Gasteiger partial charge on any atom is -0.354 e. The molecule has 148 valence electrons. The van der Waals surface area contributed by atoms with Crippen LogP contribution in [0.4, 0.5) is 10.3 Å². The second-order valence-corrected chi connectivity index (χ2v) is 7.27. The zero-order valence-electron chi connectivity index (χ0n) is 16.4. The molecule has 2 heterocycles. The average molecular weight is 390 g/mol. The molecule has 0 radical (unpaired) electrons. The van der Waals surface area contributed by atoms with Gasteiger partial charge in [0.05, 0.1) is 0 Å². The van der Waals surface area contributed by atoms with Crippen LogP contribution in [0.5, 0.6) is 0 Å². The van der Waals surface area contributed by atoms with E-state index in [1.807, 2.05) is 24.0 Å². The first-order valence-electron chi connectivity index (χ1n) is 9.78. The molecule has 3 aromatic rings. The molecule has 0 spiro atoms. The highest BCUT2D eigenvalue weighted by molar-refractivity contribution is 5.92. The Labute approximate surface area is 169 Å². The Bertz CT molecular complexity index is 1020. The molecule has 1 aliphatic rings. The lowest BCUT2D eigenvalue weighted by molar-refractivity contribution is 0.0728. The third-order valence-electron chi connectivity index (χ3n) is 5.10. The van der Waals surface area contributed by atoms with Crippen molar-refractivity contribution in [3.8, 4) is 0 Å². The number of aromatic nitrogens is 2. The Hall–Kier alpha value is -3.28. The van der Waals surface area contributed by atoms with Crippen LogP contribution < -0.4 is 5.32 Å². The summed E-state index contributed by atoms with van der Waals surface area (Å²) in [5.41, 5.74) is 4.66. The van der Waals surface area contributed by atoms with Crippen LogP contribution in [0.15, 0.2) is 54.6 Å². The van der Waals surface area contributed by atoms with Crippen LogP contribution in [-0.4, -0.2) is 33.9 Å². The standard InChI is InChI=1S/C23H23FN4O/c1-16-14-21(22(29)28-13-11-18-4-2-3-5-19(18)15-28)27-23(26-16)25-12-10-17-6-8-20(24)9-7-17/h2-9,14H,10-13,15H2,1H3,(H,25,26,27). The van der Waals surface area contributed by atoms with E-state index in [1.165, 1.54) is 23.3 Å². The Morgan fingerprint density at radius 3 is 2.66 bits per heavy atom. The molecule has 2 aromatic carbocycles. The summed E-state index contributed by atoms with van der Waals surface area (Å²) in [6.45, 7) is 3.74. The molecule has 0 saturated carbocycles. The van der Waals surface area contributed by atoms with Crippen molar-refractivity contribution in [2.24, 2.45) is 0 Å². The fourth-order valence-electron chi connectivity index (χ4n) is 3.56. The lowest BCUT2D eigenvalue weighted by atomic mass is 10.00. The van der Waals surface area contributed by atoms with E-state index in [2.05, 4.69) is 27.4 Å². The second kappa shape index (κ2) is 8.39. The van der Waals surface area contributed by atoms with Crippen molar-refractivity contribution in [3.05, 3.63) is 88.5 Å². The van der Waals surface area contributed by atoms with Gasteiger partial charge in [0, 0.05) is 25.3 Å². The first-order chi connectivity index (χ1) is 14.1. The number of nitrogens with zero attached hydrogens (tertiary/aromatic N) is 3. The van der Waals surface area contributed by atoms with E-state index < -0.39 is 0 Å². The predicted molar refractivity (Wildman–Crippen MR) is 110 cm³/mol. The number of aryl methyl sites for hydroxylation is 1. The molecule has 0 bridgehead atoms. The summed E-state index contributed by atoms with van der Waals surface area (Å²) in [5, 5.41) is 3.18. The SMILES string of the molecule is Cc1cc(C(=O)N2CCc3ccccc3C2)nc(NCCc2ccc(F)cc2)n1. The van der Waals surface area contributed by atoms with Crippen molar-refractivity contribution >= 4 is 11.9 Å². The van der Waals surface area contributed by atoms with Gasteiger partial charge in [-0.15, -0.1) is 0 Å². The van der Waals surface area contributed by atoms with E-state index in [0.717, 1.165) is 17.7 Å². The van der Waals surface area contributed by atoms with Crippen molar-refractivity contribution in [1.29, 1.82) is 0 Å². The largest absolute Gasteiger partial charge is 0.354 e. The number of carbonyl (C=O) groups is 1. The van der Waals surface area contributed by atoms with Crippen LogP contribution in [0.2, 0.25) is 0 Å². The number of halogens is 1. The Morgan fingerprint density at radius 1 is 1.10 bits per heavy atom. The molecule has 4 rings (SSSR count). The first-order valence-corrected chi connectivity index (χ1v) is 9.78. The molecule has 0 unspecified atom stereocenters. The first kappa shape index (κ1) is 19.1. The predicted octanol–water partition coefficient (Wildman–Crippen LogP) is 3.78. The lowest BCUT2D eigenvalue weighted by Gasteiger charge is -2.28. The van der Waals surface area contributed by atoms with Gasteiger partial charge < -0.3 is 10.2 Å². The quantitative estimate of drug-likeness (QED) is 0.720. The molecule has 1 aromatic heterocycles. The highest BCUT2D eigenvalue weighted by Crippen LogP contribution is 2.20. The molecule has 0 aliphatic carbocycles. The molecule has 1 N–H and O–H groups in total. The average Bonchev–Trinajstić information content (AvgIpc) is 2.74. The summed E-state index contributed by atoms with van der Waals surface area (Å²) in [6.07, 6.45) is 1.57. The molecule has 0 fully saturated rings. The van der Waals surface area contributed by atoms with Crippen molar-refractivity contribution < 1.29 is 9.18 Å². The summed E-state index contributed by atoms with van der Waals surface area (Å²) in [6, 6.07) is 16.4. The lowest BCUT2D eigenvalue weighted by Crippen LogP contribution is -2.36. The Balaban J connectivity index is 1.42. The van der Waals surface area contributed by atoms with Crippen LogP contribution in [0, 0.1) is 12.7 Å². The van der Waals surface area contributed by atoms with Crippen LogP contribution >= 0.6 is 0 Å². The summed E-state index contributed by atoms with van der Waals surface area (Å²) < 4.78 is 13.0. The number of hydrogen-bond donors (Lipinski definition) is 1. The molecule has 1 aliphatic heterocycles. The normalized spacial score (nSPS) is 13.1. The van der Waals surface area contributed by atoms with Crippen molar-refractivity contribution in [2.75, 3.05) is 18.4 Å². The van der Waals surface area contributed by atoms with Gasteiger partial charge in [-0.1, -0.05) is 36.4 Å². The molecule has 0 atom stereocenters. The van der Waals surface area contributed by atoms with Gasteiger partial charge in [-0.25, -0.2) is 14.4 Å². The van der Waals surface area contributed by atoms with E-state index in [0.29, 0.717) is 37.7 Å². The van der Waals surface area contributed by atoms with Gasteiger partial charge in [0.2, 0.25) is 5.95 Å². The highest BCUT2D eigenvalue weighted by atomic mass is 19.1. The molecule has 29 heavy (non-hydrogen) atoms. The van der Waals surface area contributed by atoms with Crippen molar-refractivity contribution in [2.45, 2.75) is 26.3 Å². The number of nitrogens with one attached hydrogen (secondary N) is 1. The van der Waals surface area contributed by atoms with Crippen molar-refractivity contribution in [1.82, 2.24) is 14.9 Å². The fourth-order valence-corrected chi connectivity index (χ4v) is 3.56.